The van der Waals surface area contributed by atoms with E-state index in [1.165, 1.54) is 212 Å². The summed E-state index contributed by atoms with van der Waals surface area (Å²) >= 11 is 0. The molecule has 290 valence electrons. The van der Waals surface area contributed by atoms with Gasteiger partial charge in [-0.25, -0.2) is 0 Å². The van der Waals surface area contributed by atoms with Gasteiger partial charge in [-0.3, -0.25) is 0 Å². The van der Waals surface area contributed by atoms with Gasteiger partial charge in [0.1, 0.15) is 0 Å². The Morgan fingerprint density at radius 3 is 1.08 bits per heavy atom. The molecule has 2 unspecified atom stereocenters. The molecule has 0 aliphatic carbocycles. The molecule has 0 fully saturated rings. The molecule has 0 aromatic heterocycles. The number of rotatable bonds is 41. The van der Waals surface area contributed by atoms with Gasteiger partial charge in [0, 0.05) is 11.6 Å². The summed E-state index contributed by atoms with van der Waals surface area (Å²) in [6.07, 6.45) is 47.6. The number of nitrogens with zero attached hydrogens (tertiary/aromatic N) is 1. The first-order valence-electron chi connectivity index (χ1n) is 22.5. The lowest BCUT2D eigenvalue weighted by Gasteiger charge is -2.33. The van der Waals surface area contributed by atoms with Crippen LogP contribution in [0.15, 0.2) is 0 Å². The lowest BCUT2D eigenvalue weighted by Crippen LogP contribution is -2.43. The van der Waals surface area contributed by atoms with E-state index in [2.05, 4.69) is 25.7 Å². The van der Waals surface area contributed by atoms with E-state index in [1.807, 2.05) is 0 Å². The average Bonchev–Trinajstić information content (AvgIpc) is 3.09. The lowest BCUT2D eigenvalue weighted by molar-refractivity contribution is 0.226. The largest absolute Gasteiger partial charge is 0.330 e. The molecule has 0 spiro atoms. The average molecular weight is 679 g/mol. The molecular weight excluding hydrogens is 585 g/mol. The Morgan fingerprint density at radius 1 is 0.417 bits per heavy atom. The molecule has 4 nitrogen and oxygen atoms in total. The Balaban J connectivity index is 4.10. The highest BCUT2D eigenvalue weighted by molar-refractivity contribution is 4.85. The quantitative estimate of drug-likeness (QED) is 0.0562. The van der Waals surface area contributed by atoms with E-state index in [0.29, 0.717) is 6.04 Å². The van der Waals surface area contributed by atoms with Crippen LogP contribution in [0, 0.1) is 0 Å². The summed E-state index contributed by atoms with van der Waals surface area (Å²) in [7, 11) is 0. The monoisotopic (exact) mass is 679 g/mol. The smallest absolute Gasteiger partial charge is 0.0166 e. The summed E-state index contributed by atoms with van der Waals surface area (Å²) < 4.78 is 0. The highest BCUT2D eigenvalue weighted by Gasteiger charge is 2.24. The van der Waals surface area contributed by atoms with E-state index in [9.17, 15) is 0 Å². The molecule has 0 aromatic rings. The highest BCUT2D eigenvalue weighted by atomic mass is 15.1. The molecule has 2 atom stereocenters. The molecule has 6 N–H and O–H groups in total. The summed E-state index contributed by atoms with van der Waals surface area (Å²) in [5, 5.41) is 0. The SMILES string of the molecule is CCCCCCCCCCCCCCCCCCC(N)(CCCCCCC(N)CCCCCCCCCCC)CCN(CC)CCCN. The molecule has 0 saturated heterocycles. The minimum Gasteiger partial charge on any atom is -0.330 e. The van der Waals surface area contributed by atoms with Crippen LogP contribution in [-0.2, 0) is 0 Å². The Bertz CT molecular complexity index is 598. The van der Waals surface area contributed by atoms with Crippen molar-refractivity contribution in [2.75, 3.05) is 26.2 Å². The van der Waals surface area contributed by atoms with Crippen LogP contribution in [0.1, 0.15) is 245 Å². The van der Waals surface area contributed by atoms with Crippen molar-refractivity contribution in [3.8, 4) is 0 Å². The molecule has 0 aliphatic heterocycles. The summed E-state index contributed by atoms with van der Waals surface area (Å²) in [4.78, 5) is 2.57. The Morgan fingerprint density at radius 2 is 0.750 bits per heavy atom. The molecule has 0 bridgehead atoms. The molecule has 0 saturated carbocycles. The fraction of sp³-hybridized carbons (Fsp3) is 1.00. The third kappa shape index (κ3) is 34.3. The zero-order valence-electron chi connectivity index (χ0n) is 33.8. The van der Waals surface area contributed by atoms with Crippen molar-refractivity contribution < 1.29 is 0 Å². The molecule has 0 amide bonds. The Hall–Kier alpha value is -0.160. The van der Waals surface area contributed by atoms with Gasteiger partial charge >= 0.3 is 0 Å². The second-order valence-electron chi connectivity index (χ2n) is 16.1. The molecule has 48 heavy (non-hydrogen) atoms. The molecule has 0 aliphatic rings. The molecule has 0 rings (SSSR count). The predicted molar refractivity (Wildman–Crippen MR) is 219 cm³/mol. The van der Waals surface area contributed by atoms with E-state index < -0.39 is 0 Å². The molecule has 0 aromatic carbocycles. The van der Waals surface area contributed by atoms with E-state index in [0.717, 1.165) is 39.0 Å². The topological polar surface area (TPSA) is 81.3 Å². The molecule has 0 heterocycles. The van der Waals surface area contributed by atoms with Crippen molar-refractivity contribution >= 4 is 0 Å². The van der Waals surface area contributed by atoms with Crippen molar-refractivity contribution in [2.24, 2.45) is 17.2 Å². The van der Waals surface area contributed by atoms with Gasteiger partial charge in [0.25, 0.3) is 0 Å². The maximum Gasteiger partial charge on any atom is 0.0166 e. The van der Waals surface area contributed by atoms with Crippen LogP contribution in [0.2, 0.25) is 0 Å². The number of hydrogen-bond acceptors (Lipinski definition) is 4. The van der Waals surface area contributed by atoms with E-state index in [1.54, 1.807) is 0 Å². The van der Waals surface area contributed by atoms with Crippen LogP contribution < -0.4 is 17.2 Å². The van der Waals surface area contributed by atoms with Crippen molar-refractivity contribution in [3.05, 3.63) is 0 Å². The van der Waals surface area contributed by atoms with Crippen LogP contribution in [0.4, 0.5) is 0 Å². The normalized spacial score (nSPS) is 13.8. The van der Waals surface area contributed by atoms with Gasteiger partial charge in [-0.1, -0.05) is 207 Å². The Labute approximate surface area is 304 Å². The van der Waals surface area contributed by atoms with Crippen LogP contribution >= 0.6 is 0 Å². The van der Waals surface area contributed by atoms with Crippen LogP contribution in [-0.4, -0.2) is 42.7 Å². The van der Waals surface area contributed by atoms with Crippen LogP contribution in [0.3, 0.4) is 0 Å². The maximum absolute atomic E-state index is 7.20. The van der Waals surface area contributed by atoms with E-state index >= 15 is 0 Å². The summed E-state index contributed by atoms with van der Waals surface area (Å²) in [6.45, 7) is 11.0. The van der Waals surface area contributed by atoms with Crippen molar-refractivity contribution in [1.82, 2.24) is 4.90 Å². The van der Waals surface area contributed by atoms with Gasteiger partial charge in [0.2, 0.25) is 0 Å². The fourth-order valence-electron chi connectivity index (χ4n) is 7.62. The van der Waals surface area contributed by atoms with Gasteiger partial charge in [-0.15, -0.1) is 0 Å². The minimum absolute atomic E-state index is 0.00145. The van der Waals surface area contributed by atoms with E-state index in [4.69, 9.17) is 17.2 Å². The van der Waals surface area contributed by atoms with Crippen molar-refractivity contribution in [1.29, 1.82) is 0 Å². The van der Waals surface area contributed by atoms with E-state index in [-0.39, 0.29) is 5.54 Å². The first-order valence-corrected chi connectivity index (χ1v) is 22.5. The summed E-state index contributed by atoms with van der Waals surface area (Å²) in [5.74, 6) is 0. The van der Waals surface area contributed by atoms with Crippen LogP contribution in [0.5, 0.6) is 0 Å². The summed E-state index contributed by atoms with van der Waals surface area (Å²) in [5.41, 5.74) is 19.5. The standard InChI is InChI=1S/C44H94N4/c1-4-7-9-11-13-15-16-17-18-19-20-21-23-25-28-32-37-44(47,39-42-48(6-3)41-34-40-45)38-33-29-27-31-36-43(46)35-30-26-24-22-14-12-10-8-5-2/h43H,4-42,45-47H2,1-3H3. The van der Waals surface area contributed by atoms with Gasteiger partial charge in [0.05, 0.1) is 0 Å². The van der Waals surface area contributed by atoms with Gasteiger partial charge in [-0.2, -0.15) is 0 Å². The van der Waals surface area contributed by atoms with Gasteiger partial charge in [0.15, 0.2) is 0 Å². The third-order valence-electron chi connectivity index (χ3n) is 11.3. The minimum atomic E-state index is -0.00145. The van der Waals surface area contributed by atoms with Crippen molar-refractivity contribution in [2.45, 2.75) is 257 Å². The zero-order valence-corrected chi connectivity index (χ0v) is 33.8. The number of nitrogens with two attached hydrogens (primary N) is 3. The predicted octanol–water partition coefficient (Wildman–Crippen LogP) is 13.0. The molecule has 4 heteroatoms. The fourth-order valence-corrected chi connectivity index (χ4v) is 7.62. The van der Waals surface area contributed by atoms with Crippen LogP contribution in [0.25, 0.3) is 0 Å². The Kier molecular flexibility index (Phi) is 38.0. The molecular formula is C44H94N4. The maximum atomic E-state index is 7.20. The first-order chi connectivity index (χ1) is 23.5. The van der Waals surface area contributed by atoms with Gasteiger partial charge in [-0.05, 0) is 64.7 Å². The third-order valence-corrected chi connectivity index (χ3v) is 11.3. The number of unbranched alkanes of at least 4 members (excludes halogenated alkanes) is 26. The summed E-state index contributed by atoms with van der Waals surface area (Å²) in [6, 6.07) is 0.409. The second-order valence-corrected chi connectivity index (χ2v) is 16.1. The highest BCUT2D eigenvalue weighted by Crippen LogP contribution is 2.25. The van der Waals surface area contributed by atoms with Gasteiger partial charge < -0.3 is 22.1 Å². The second kappa shape index (κ2) is 38.1. The lowest BCUT2D eigenvalue weighted by atomic mass is 9.84. The number of hydrogen-bond donors (Lipinski definition) is 3. The first kappa shape index (κ1) is 47.8. The molecule has 0 radical (unpaired) electrons. The zero-order chi connectivity index (χ0) is 35.2. The van der Waals surface area contributed by atoms with Crippen molar-refractivity contribution in [3.63, 3.8) is 0 Å².